The monoisotopic (exact) mass is 235 g/mol. The summed E-state index contributed by atoms with van der Waals surface area (Å²) in [6, 6.07) is 0. The molecule has 94 valence electrons. The summed E-state index contributed by atoms with van der Waals surface area (Å²) in [7, 11) is 1.89. The van der Waals surface area contributed by atoms with E-state index >= 15 is 0 Å². The predicted molar refractivity (Wildman–Crippen MR) is 68.7 cm³/mol. The molecule has 1 aliphatic carbocycles. The molecule has 1 N–H and O–H groups in total. The molecule has 17 heavy (non-hydrogen) atoms. The van der Waals surface area contributed by atoms with Gasteiger partial charge in [-0.1, -0.05) is 6.92 Å². The van der Waals surface area contributed by atoms with E-state index in [1.165, 1.54) is 12.8 Å². The number of nitrogens with zero attached hydrogens (tertiary/aromatic N) is 2. The molecule has 1 fully saturated rings. The molecule has 0 aromatic carbocycles. The van der Waals surface area contributed by atoms with Gasteiger partial charge < -0.3 is 10.1 Å². The molecule has 0 aliphatic heterocycles. The van der Waals surface area contributed by atoms with Crippen LogP contribution in [0.4, 0.5) is 5.82 Å². The van der Waals surface area contributed by atoms with Gasteiger partial charge in [-0.15, -0.1) is 0 Å². The van der Waals surface area contributed by atoms with Crippen LogP contribution < -0.4 is 10.1 Å². The van der Waals surface area contributed by atoms with E-state index in [-0.39, 0.29) is 6.10 Å². The topological polar surface area (TPSA) is 47.0 Å². The van der Waals surface area contributed by atoms with Crippen LogP contribution in [0.25, 0.3) is 0 Å². The van der Waals surface area contributed by atoms with Gasteiger partial charge in [0.25, 0.3) is 0 Å². The summed E-state index contributed by atoms with van der Waals surface area (Å²) < 4.78 is 5.86. The fourth-order valence-electron chi connectivity index (χ4n) is 1.67. The van der Waals surface area contributed by atoms with Gasteiger partial charge in [0.2, 0.25) is 5.88 Å². The Balaban J connectivity index is 2.30. The third kappa shape index (κ3) is 2.68. The third-order valence-corrected chi connectivity index (χ3v) is 3.19. The smallest absolute Gasteiger partial charge is 0.222 e. The summed E-state index contributed by atoms with van der Waals surface area (Å²) in [5, 5.41) is 3.12. The molecule has 1 heterocycles. The standard InChI is InChI=1S/C13H21N3O/c1-5-8(2)17-13-9(3)11(14-4)15-12(16-13)10-6-7-10/h8,10H,5-7H2,1-4H3,(H,14,15,16). The number of ether oxygens (including phenoxy) is 1. The van der Waals surface area contributed by atoms with Gasteiger partial charge in [0.15, 0.2) is 0 Å². The van der Waals surface area contributed by atoms with Gasteiger partial charge in [0.05, 0.1) is 11.7 Å². The quantitative estimate of drug-likeness (QED) is 0.852. The number of hydrogen-bond acceptors (Lipinski definition) is 4. The first-order chi connectivity index (χ1) is 8.15. The molecule has 1 aliphatic rings. The van der Waals surface area contributed by atoms with Gasteiger partial charge in [0.1, 0.15) is 11.6 Å². The first-order valence-electron chi connectivity index (χ1n) is 6.38. The lowest BCUT2D eigenvalue weighted by molar-refractivity contribution is 0.206. The van der Waals surface area contributed by atoms with Crippen molar-refractivity contribution in [2.75, 3.05) is 12.4 Å². The highest BCUT2D eigenvalue weighted by Gasteiger charge is 2.28. The van der Waals surface area contributed by atoms with Crippen LogP contribution >= 0.6 is 0 Å². The minimum Gasteiger partial charge on any atom is -0.474 e. The number of anilines is 1. The van der Waals surface area contributed by atoms with Crippen molar-refractivity contribution in [3.05, 3.63) is 11.4 Å². The van der Waals surface area contributed by atoms with Crippen molar-refractivity contribution < 1.29 is 4.74 Å². The minimum absolute atomic E-state index is 0.195. The van der Waals surface area contributed by atoms with Crippen molar-refractivity contribution in [2.24, 2.45) is 0 Å². The Morgan fingerprint density at radius 1 is 1.41 bits per heavy atom. The lowest BCUT2D eigenvalue weighted by Gasteiger charge is -2.16. The van der Waals surface area contributed by atoms with Crippen LogP contribution in [-0.4, -0.2) is 23.1 Å². The Kier molecular flexibility index (Phi) is 3.50. The van der Waals surface area contributed by atoms with Gasteiger partial charge in [-0.05, 0) is 33.1 Å². The van der Waals surface area contributed by atoms with E-state index in [1.54, 1.807) is 0 Å². The molecule has 0 bridgehead atoms. The molecule has 4 heteroatoms. The normalized spacial score (nSPS) is 16.7. The Morgan fingerprint density at radius 3 is 2.65 bits per heavy atom. The fourth-order valence-corrected chi connectivity index (χ4v) is 1.67. The number of rotatable bonds is 5. The number of nitrogens with one attached hydrogen (secondary N) is 1. The summed E-state index contributed by atoms with van der Waals surface area (Å²) in [6.45, 7) is 6.18. The first-order valence-corrected chi connectivity index (χ1v) is 6.38. The van der Waals surface area contributed by atoms with Crippen molar-refractivity contribution >= 4 is 5.82 Å². The van der Waals surface area contributed by atoms with Crippen molar-refractivity contribution in [2.45, 2.75) is 52.1 Å². The van der Waals surface area contributed by atoms with E-state index < -0.39 is 0 Å². The molecule has 0 amide bonds. The molecule has 1 aromatic rings. The first kappa shape index (κ1) is 12.1. The second kappa shape index (κ2) is 4.90. The van der Waals surface area contributed by atoms with Crippen molar-refractivity contribution in [3.8, 4) is 5.88 Å². The Labute approximate surface area is 103 Å². The van der Waals surface area contributed by atoms with Crippen LogP contribution in [0.5, 0.6) is 5.88 Å². The zero-order chi connectivity index (χ0) is 12.4. The summed E-state index contributed by atoms with van der Waals surface area (Å²) >= 11 is 0. The highest BCUT2D eigenvalue weighted by molar-refractivity contribution is 5.48. The molecular weight excluding hydrogens is 214 g/mol. The minimum atomic E-state index is 0.195. The van der Waals surface area contributed by atoms with Gasteiger partial charge in [0, 0.05) is 13.0 Å². The molecule has 1 unspecified atom stereocenters. The number of aromatic nitrogens is 2. The second-order valence-electron chi connectivity index (χ2n) is 4.72. The molecule has 0 radical (unpaired) electrons. The molecule has 2 rings (SSSR count). The molecule has 1 aromatic heterocycles. The Bertz CT molecular complexity index is 402. The zero-order valence-corrected chi connectivity index (χ0v) is 11.1. The highest BCUT2D eigenvalue weighted by Crippen LogP contribution is 2.40. The summed E-state index contributed by atoms with van der Waals surface area (Å²) in [5.41, 5.74) is 0.997. The van der Waals surface area contributed by atoms with Crippen molar-refractivity contribution in [1.82, 2.24) is 9.97 Å². The average Bonchev–Trinajstić information content (AvgIpc) is 3.15. The van der Waals surface area contributed by atoms with Gasteiger partial charge in [-0.3, -0.25) is 0 Å². The van der Waals surface area contributed by atoms with E-state index in [9.17, 15) is 0 Å². The zero-order valence-electron chi connectivity index (χ0n) is 11.1. The van der Waals surface area contributed by atoms with Crippen LogP contribution in [-0.2, 0) is 0 Å². The molecule has 0 saturated heterocycles. The Hall–Kier alpha value is -1.32. The lowest BCUT2D eigenvalue weighted by atomic mass is 10.3. The van der Waals surface area contributed by atoms with E-state index in [1.807, 2.05) is 14.0 Å². The van der Waals surface area contributed by atoms with Gasteiger partial charge in [-0.25, -0.2) is 4.98 Å². The maximum atomic E-state index is 5.86. The maximum Gasteiger partial charge on any atom is 0.222 e. The highest BCUT2D eigenvalue weighted by atomic mass is 16.5. The molecule has 1 saturated carbocycles. The van der Waals surface area contributed by atoms with Crippen LogP contribution in [0.2, 0.25) is 0 Å². The Morgan fingerprint density at radius 2 is 2.12 bits per heavy atom. The van der Waals surface area contributed by atoms with E-state index in [0.29, 0.717) is 5.92 Å². The van der Waals surface area contributed by atoms with E-state index in [0.717, 1.165) is 29.5 Å². The lowest BCUT2D eigenvalue weighted by Crippen LogP contribution is -2.14. The van der Waals surface area contributed by atoms with Crippen LogP contribution in [0, 0.1) is 6.92 Å². The predicted octanol–water partition coefficient (Wildman–Crippen LogP) is 2.88. The maximum absolute atomic E-state index is 5.86. The molecular formula is C13H21N3O. The summed E-state index contributed by atoms with van der Waals surface area (Å²) in [5.74, 6) is 3.10. The summed E-state index contributed by atoms with van der Waals surface area (Å²) in [4.78, 5) is 9.10. The van der Waals surface area contributed by atoms with Gasteiger partial charge >= 0.3 is 0 Å². The fraction of sp³-hybridized carbons (Fsp3) is 0.692. The molecule has 0 spiro atoms. The van der Waals surface area contributed by atoms with Gasteiger partial charge in [-0.2, -0.15) is 4.98 Å². The largest absolute Gasteiger partial charge is 0.474 e. The SMILES string of the molecule is CCC(C)Oc1nc(C2CC2)nc(NC)c1C. The van der Waals surface area contributed by atoms with E-state index in [2.05, 4.69) is 29.1 Å². The summed E-state index contributed by atoms with van der Waals surface area (Å²) in [6.07, 6.45) is 3.58. The van der Waals surface area contributed by atoms with Crippen LogP contribution in [0.15, 0.2) is 0 Å². The third-order valence-electron chi connectivity index (χ3n) is 3.19. The van der Waals surface area contributed by atoms with Crippen molar-refractivity contribution in [3.63, 3.8) is 0 Å². The van der Waals surface area contributed by atoms with Crippen LogP contribution in [0.1, 0.15) is 50.4 Å². The van der Waals surface area contributed by atoms with Crippen LogP contribution in [0.3, 0.4) is 0 Å². The second-order valence-corrected chi connectivity index (χ2v) is 4.72. The molecule has 1 atom stereocenters. The average molecular weight is 235 g/mol. The number of hydrogen-bond donors (Lipinski definition) is 1. The molecule has 4 nitrogen and oxygen atoms in total. The van der Waals surface area contributed by atoms with Crippen molar-refractivity contribution in [1.29, 1.82) is 0 Å². The van der Waals surface area contributed by atoms with E-state index in [4.69, 9.17) is 4.74 Å².